The Morgan fingerprint density at radius 2 is 2.10 bits per heavy atom. The third-order valence-electron chi connectivity index (χ3n) is 2.83. The lowest BCUT2D eigenvalue weighted by molar-refractivity contribution is 0.371. The number of hydrogen-bond acceptors (Lipinski definition) is 6. The zero-order chi connectivity index (χ0) is 14.8. The standard InChI is InChI=1S/C14H10ClN3O3/c1-20-11-4-2-3-9(12(11)19)14-17-13(18-21-14)10-6-5-8(15)7-16-10/h2-7,19H,1H3. The Morgan fingerprint density at radius 3 is 2.81 bits per heavy atom. The van der Waals surface area contributed by atoms with Crippen LogP contribution < -0.4 is 4.74 Å². The summed E-state index contributed by atoms with van der Waals surface area (Å²) in [6.45, 7) is 0. The second-order valence-electron chi connectivity index (χ2n) is 4.14. The number of halogens is 1. The normalized spacial score (nSPS) is 10.6. The molecule has 1 N–H and O–H groups in total. The van der Waals surface area contributed by atoms with Crippen molar-refractivity contribution in [2.24, 2.45) is 0 Å². The number of ether oxygens (including phenoxy) is 1. The van der Waals surface area contributed by atoms with Crippen LogP contribution in [0.3, 0.4) is 0 Å². The molecule has 21 heavy (non-hydrogen) atoms. The van der Waals surface area contributed by atoms with Crippen LogP contribution in [0.2, 0.25) is 5.02 Å². The van der Waals surface area contributed by atoms with Crippen LogP contribution in [-0.4, -0.2) is 27.3 Å². The Bertz CT molecular complexity index is 771. The summed E-state index contributed by atoms with van der Waals surface area (Å²) < 4.78 is 10.2. The smallest absolute Gasteiger partial charge is 0.262 e. The van der Waals surface area contributed by atoms with E-state index in [9.17, 15) is 5.11 Å². The molecule has 3 aromatic rings. The summed E-state index contributed by atoms with van der Waals surface area (Å²) in [5, 5.41) is 14.4. The van der Waals surface area contributed by atoms with Gasteiger partial charge in [-0.25, -0.2) is 0 Å². The van der Waals surface area contributed by atoms with E-state index in [-0.39, 0.29) is 11.6 Å². The Labute approximate surface area is 125 Å². The molecule has 0 radical (unpaired) electrons. The van der Waals surface area contributed by atoms with Gasteiger partial charge in [0.05, 0.1) is 17.7 Å². The number of aromatic nitrogens is 3. The summed E-state index contributed by atoms with van der Waals surface area (Å²) >= 11 is 5.78. The molecule has 6 nitrogen and oxygen atoms in total. The van der Waals surface area contributed by atoms with Crippen LogP contribution in [0, 0.1) is 0 Å². The van der Waals surface area contributed by atoms with Gasteiger partial charge in [0, 0.05) is 6.20 Å². The third-order valence-corrected chi connectivity index (χ3v) is 3.06. The largest absolute Gasteiger partial charge is 0.504 e. The second kappa shape index (κ2) is 5.41. The van der Waals surface area contributed by atoms with Gasteiger partial charge in [-0.05, 0) is 24.3 Å². The number of nitrogens with zero attached hydrogens (tertiary/aromatic N) is 3. The molecule has 0 amide bonds. The van der Waals surface area contributed by atoms with E-state index in [0.29, 0.717) is 27.9 Å². The first kappa shape index (κ1) is 13.4. The van der Waals surface area contributed by atoms with Gasteiger partial charge in [-0.2, -0.15) is 4.98 Å². The van der Waals surface area contributed by atoms with E-state index in [4.69, 9.17) is 20.9 Å². The fourth-order valence-electron chi connectivity index (χ4n) is 1.80. The quantitative estimate of drug-likeness (QED) is 0.800. The first-order chi connectivity index (χ1) is 10.2. The average molecular weight is 304 g/mol. The highest BCUT2D eigenvalue weighted by molar-refractivity contribution is 6.30. The number of para-hydroxylation sites is 1. The molecule has 2 aromatic heterocycles. The number of pyridine rings is 1. The molecule has 0 saturated heterocycles. The zero-order valence-electron chi connectivity index (χ0n) is 10.9. The predicted molar refractivity (Wildman–Crippen MR) is 76.2 cm³/mol. The molecule has 1 aromatic carbocycles. The van der Waals surface area contributed by atoms with Crippen molar-refractivity contribution in [3.63, 3.8) is 0 Å². The van der Waals surface area contributed by atoms with Crippen molar-refractivity contribution in [1.82, 2.24) is 15.1 Å². The van der Waals surface area contributed by atoms with E-state index in [1.165, 1.54) is 13.3 Å². The summed E-state index contributed by atoms with van der Waals surface area (Å²) in [6.07, 6.45) is 1.50. The van der Waals surface area contributed by atoms with Crippen molar-refractivity contribution in [2.75, 3.05) is 7.11 Å². The number of rotatable bonds is 3. The lowest BCUT2D eigenvalue weighted by Gasteiger charge is -2.04. The first-order valence-electron chi connectivity index (χ1n) is 6.01. The van der Waals surface area contributed by atoms with Crippen LogP contribution in [-0.2, 0) is 0 Å². The molecule has 0 unspecified atom stereocenters. The molecule has 0 fully saturated rings. The molecule has 0 aliphatic rings. The van der Waals surface area contributed by atoms with E-state index in [1.54, 1.807) is 30.3 Å². The summed E-state index contributed by atoms with van der Waals surface area (Å²) in [7, 11) is 1.47. The monoisotopic (exact) mass is 303 g/mol. The van der Waals surface area contributed by atoms with Gasteiger partial charge in [0.2, 0.25) is 5.82 Å². The number of methoxy groups -OCH3 is 1. The molecule has 2 heterocycles. The summed E-state index contributed by atoms with van der Waals surface area (Å²) in [4.78, 5) is 8.33. The molecule has 106 valence electrons. The molecule has 0 spiro atoms. The summed E-state index contributed by atoms with van der Waals surface area (Å²) in [5.74, 6) is 0.762. The van der Waals surface area contributed by atoms with Crippen molar-refractivity contribution in [2.45, 2.75) is 0 Å². The highest BCUT2D eigenvalue weighted by atomic mass is 35.5. The molecule has 0 aliphatic heterocycles. The highest BCUT2D eigenvalue weighted by Gasteiger charge is 2.17. The van der Waals surface area contributed by atoms with Crippen molar-refractivity contribution < 1.29 is 14.4 Å². The van der Waals surface area contributed by atoms with Gasteiger partial charge >= 0.3 is 0 Å². The average Bonchev–Trinajstić information content (AvgIpc) is 2.98. The van der Waals surface area contributed by atoms with Gasteiger partial charge in [0.25, 0.3) is 5.89 Å². The minimum absolute atomic E-state index is 0.0562. The van der Waals surface area contributed by atoms with Gasteiger partial charge in [-0.1, -0.05) is 22.8 Å². The number of hydrogen-bond donors (Lipinski definition) is 1. The SMILES string of the molecule is COc1cccc(-c2nc(-c3ccc(Cl)cn3)no2)c1O. The van der Waals surface area contributed by atoms with Crippen molar-refractivity contribution in [3.05, 3.63) is 41.6 Å². The molecular formula is C14H10ClN3O3. The Hall–Kier alpha value is -2.60. The summed E-state index contributed by atoms with van der Waals surface area (Å²) in [5.41, 5.74) is 0.916. The fourth-order valence-corrected chi connectivity index (χ4v) is 1.92. The van der Waals surface area contributed by atoms with Crippen molar-refractivity contribution >= 4 is 11.6 Å². The van der Waals surface area contributed by atoms with Gasteiger partial charge in [0.1, 0.15) is 5.69 Å². The maximum absolute atomic E-state index is 10.1. The number of aromatic hydroxyl groups is 1. The predicted octanol–water partition coefficient (Wildman–Crippen LogP) is 3.17. The van der Waals surface area contributed by atoms with E-state index in [0.717, 1.165) is 0 Å². The minimum atomic E-state index is -0.0562. The topological polar surface area (TPSA) is 81.3 Å². The third kappa shape index (κ3) is 2.53. The number of benzene rings is 1. The van der Waals surface area contributed by atoms with Gasteiger partial charge in [0.15, 0.2) is 11.5 Å². The number of phenols is 1. The minimum Gasteiger partial charge on any atom is -0.504 e. The molecule has 0 bridgehead atoms. The highest BCUT2D eigenvalue weighted by Crippen LogP contribution is 2.36. The summed E-state index contributed by atoms with van der Waals surface area (Å²) in [6, 6.07) is 8.38. The molecule has 0 aliphatic carbocycles. The van der Waals surface area contributed by atoms with Crippen LogP contribution >= 0.6 is 11.6 Å². The zero-order valence-corrected chi connectivity index (χ0v) is 11.7. The molecule has 7 heteroatoms. The Morgan fingerprint density at radius 1 is 1.24 bits per heavy atom. The Kier molecular flexibility index (Phi) is 3.45. The van der Waals surface area contributed by atoms with Crippen LogP contribution in [0.4, 0.5) is 0 Å². The van der Waals surface area contributed by atoms with E-state index >= 15 is 0 Å². The molecular weight excluding hydrogens is 294 g/mol. The molecule has 0 atom stereocenters. The maximum atomic E-state index is 10.1. The lowest BCUT2D eigenvalue weighted by atomic mass is 10.2. The molecule has 0 saturated carbocycles. The van der Waals surface area contributed by atoms with Gasteiger partial charge < -0.3 is 14.4 Å². The number of phenolic OH excluding ortho intramolecular Hbond substituents is 1. The van der Waals surface area contributed by atoms with Crippen LogP contribution in [0.25, 0.3) is 23.0 Å². The van der Waals surface area contributed by atoms with Gasteiger partial charge in [-0.15, -0.1) is 0 Å². The van der Waals surface area contributed by atoms with E-state index in [2.05, 4.69) is 15.1 Å². The first-order valence-corrected chi connectivity index (χ1v) is 6.39. The second-order valence-corrected chi connectivity index (χ2v) is 4.58. The van der Waals surface area contributed by atoms with Crippen molar-refractivity contribution in [3.8, 4) is 34.5 Å². The van der Waals surface area contributed by atoms with Crippen molar-refractivity contribution in [1.29, 1.82) is 0 Å². The van der Waals surface area contributed by atoms with E-state index < -0.39 is 0 Å². The Balaban J connectivity index is 2.00. The maximum Gasteiger partial charge on any atom is 0.262 e. The van der Waals surface area contributed by atoms with E-state index in [1.807, 2.05) is 0 Å². The fraction of sp³-hybridized carbons (Fsp3) is 0.0714. The van der Waals surface area contributed by atoms with Crippen LogP contribution in [0.1, 0.15) is 0 Å². The lowest BCUT2D eigenvalue weighted by Crippen LogP contribution is -1.87. The van der Waals surface area contributed by atoms with Crippen LogP contribution in [0.15, 0.2) is 41.1 Å². The van der Waals surface area contributed by atoms with Gasteiger partial charge in [-0.3, -0.25) is 4.98 Å². The molecule has 3 rings (SSSR count). The van der Waals surface area contributed by atoms with Crippen LogP contribution in [0.5, 0.6) is 11.5 Å².